The highest BCUT2D eigenvalue weighted by Gasteiger charge is 2.29. The number of nitrogens with two attached hydrogens (primary N) is 1. The predicted molar refractivity (Wildman–Crippen MR) is 57.0 cm³/mol. The zero-order chi connectivity index (χ0) is 11.3. The van der Waals surface area contributed by atoms with Crippen LogP contribution in [0.4, 0.5) is 0 Å². The molecule has 0 radical (unpaired) electrons. The Morgan fingerprint density at radius 1 is 1.33 bits per heavy atom. The molecule has 4 N–H and O–H groups in total. The number of hydrogen-bond acceptors (Lipinski definition) is 3. The fraction of sp³-hybridized carbons (Fsp3) is 0.800. The second-order valence-electron chi connectivity index (χ2n) is 3.94. The molecule has 0 aromatic heterocycles. The van der Waals surface area contributed by atoms with Crippen LogP contribution < -0.4 is 16.4 Å². The molecule has 0 spiro atoms. The highest BCUT2D eigenvalue weighted by molar-refractivity contribution is 5.84. The van der Waals surface area contributed by atoms with Crippen LogP contribution in [0.15, 0.2) is 0 Å². The van der Waals surface area contributed by atoms with Crippen LogP contribution in [0, 0.1) is 5.92 Å². The van der Waals surface area contributed by atoms with E-state index in [9.17, 15) is 9.59 Å². The summed E-state index contributed by atoms with van der Waals surface area (Å²) in [5.41, 5.74) is 5.78. The second kappa shape index (κ2) is 5.70. The Hall–Kier alpha value is -1.10. The Bertz CT molecular complexity index is 239. The number of carbonyl (C=O) groups excluding carboxylic acids is 2. The molecule has 1 saturated carbocycles. The van der Waals surface area contributed by atoms with Gasteiger partial charge < -0.3 is 16.4 Å². The Balaban J connectivity index is 2.09. The molecule has 0 aromatic carbocycles. The third-order valence-electron chi connectivity index (χ3n) is 2.47. The predicted octanol–water partition coefficient (Wildman–Crippen LogP) is -0.634. The Morgan fingerprint density at radius 3 is 2.53 bits per heavy atom. The van der Waals surface area contributed by atoms with Crippen molar-refractivity contribution < 1.29 is 9.59 Å². The quantitative estimate of drug-likeness (QED) is 0.549. The van der Waals surface area contributed by atoms with E-state index in [-0.39, 0.29) is 24.4 Å². The minimum atomic E-state index is -0.161. The zero-order valence-electron chi connectivity index (χ0n) is 9.08. The minimum Gasteiger partial charge on any atom is -0.355 e. The van der Waals surface area contributed by atoms with E-state index in [1.807, 2.05) is 6.92 Å². The van der Waals surface area contributed by atoms with Gasteiger partial charge in [-0.05, 0) is 25.7 Å². The van der Waals surface area contributed by atoms with Gasteiger partial charge in [-0.15, -0.1) is 0 Å². The average molecular weight is 213 g/mol. The molecule has 1 unspecified atom stereocenters. The van der Waals surface area contributed by atoms with Gasteiger partial charge in [0.05, 0.1) is 6.54 Å². The molecule has 86 valence electrons. The number of likely N-dealkylation sites (N-methyl/N-ethyl adjacent to an activating group) is 1. The molecule has 0 bridgehead atoms. The van der Waals surface area contributed by atoms with Crippen LogP contribution in [0.1, 0.15) is 26.2 Å². The Labute approximate surface area is 89.8 Å². The Kier molecular flexibility index (Phi) is 4.55. The van der Waals surface area contributed by atoms with Gasteiger partial charge in [-0.1, -0.05) is 0 Å². The fourth-order valence-electron chi connectivity index (χ4n) is 1.42. The topological polar surface area (TPSA) is 84.2 Å². The summed E-state index contributed by atoms with van der Waals surface area (Å²) >= 11 is 0. The molecule has 0 aromatic rings. The summed E-state index contributed by atoms with van der Waals surface area (Å²) in [6.07, 6.45) is 2.58. The van der Waals surface area contributed by atoms with Crippen LogP contribution in [-0.2, 0) is 9.59 Å². The van der Waals surface area contributed by atoms with E-state index in [2.05, 4.69) is 10.6 Å². The maximum Gasteiger partial charge on any atom is 0.239 e. The molecule has 1 fully saturated rings. The maximum absolute atomic E-state index is 11.3. The minimum absolute atomic E-state index is 0.0424. The average Bonchev–Trinajstić information content (AvgIpc) is 2.98. The largest absolute Gasteiger partial charge is 0.355 e. The number of carbonyl (C=O) groups is 2. The molecule has 1 atom stereocenters. The normalized spacial score (nSPS) is 16.9. The molecular formula is C10H19N3O2. The molecule has 1 aliphatic carbocycles. The van der Waals surface area contributed by atoms with Crippen LogP contribution in [0.2, 0.25) is 0 Å². The lowest BCUT2D eigenvalue weighted by molar-refractivity contribution is -0.126. The van der Waals surface area contributed by atoms with Gasteiger partial charge in [0.1, 0.15) is 0 Å². The van der Waals surface area contributed by atoms with Gasteiger partial charge in [0.25, 0.3) is 0 Å². The van der Waals surface area contributed by atoms with E-state index in [0.29, 0.717) is 18.9 Å². The third-order valence-corrected chi connectivity index (χ3v) is 2.47. The molecule has 2 amide bonds. The van der Waals surface area contributed by atoms with E-state index in [4.69, 9.17) is 5.73 Å². The first-order valence-corrected chi connectivity index (χ1v) is 5.42. The third kappa shape index (κ3) is 4.78. The smallest absolute Gasteiger partial charge is 0.239 e. The maximum atomic E-state index is 11.3. The van der Waals surface area contributed by atoms with Crippen LogP contribution in [-0.4, -0.2) is 30.9 Å². The summed E-state index contributed by atoms with van der Waals surface area (Å²) in [7, 11) is 0. The first kappa shape index (κ1) is 12.0. The van der Waals surface area contributed by atoms with E-state index in [1.165, 1.54) is 0 Å². The lowest BCUT2D eigenvalue weighted by Crippen LogP contribution is -2.39. The van der Waals surface area contributed by atoms with Gasteiger partial charge >= 0.3 is 0 Å². The van der Waals surface area contributed by atoms with Crippen LogP contribution in [0.3, 0.4) is 0 Å². The molecule has 5 nitrogen and oxygen atoms in total. The van der Waals surface area contributed by atoms with Gasteiger partial charge in [-0.2, -0.15) is 0 Å². The number of rotatable bonds is 6. The monoisotopic (exact) mass is 213 g/mol. The molecule has 1 rings (SSSR count). The SMILES string of the molecule is CCNC(=O)CNC(=O)CC(N)C1CC1. The van der Waals surface area contributed by atoms with Crippen molar-refractivity contribution in [2.45, 2.75) is 32.2 Å². The number of nitrogens with one attached hydrogen (secondary N) is 2. The molecule has 0 aliphatic heterocycles. The lowest BCUT2D eigenvalue weighted by Gasteiger charge is -2.10. The number of amides is 2. The second-order valence-corrected chi connectivity index (χ2v) is 3.94. The fourth-order valence-corrected chi connectivity index (χ4v) is 1.42. The molecule has 1 aliphatic rings. The van der Waals surface area contributed by atoms with Crippen LogP contribution in [0.25, 0.3) is 0 Å². The van der Waals surface area contributed by atoms with Gasteiger partial charge in [0.2, 0.25) is 11.8 Å². The van der Waals surface area contributed by atoms with Crippen LogP contribution in [0.5, 0.6) is 0 Å². The standard InChI is InChI=1S/C10H19N3O2/c1-2-12-10(15)6-13-9(14)5-8(11)7-3-4-7/h7-8H,2-6,11H2,1H3,(H,12,15)(H,13,14). The van der Waals surface area contributed by atoms with Gasteiger partial charge in [-0.25, -0.2) is 0 Å². The van der Waals surface area contributed by atoms with E-state index >= 15 is 0 Å². The van der Waals surface area contributed by atoms with Crippen molar-refractivity contribution >= 4 is 11.8 Å². The first-order valence-electron chi connectivity index (χ1n) is 5.42. The highest BCUT2D eigenvalue weighted by Crippen LogP contribution is 2.32. The van der Waals surface area contributed by atoms with Crippen molar-refractivity contribution in [2.75, 3.05) is 13.1 Å². The van der Waals surface area contributed by atoms with Gasteiger partial charge in [0.15, 0.2) is 0 Å². The van der Waals surface area contributed by atoms with Crippen molar-refractivity contribution in [1.82, 2.24) is 10.6 Å². The Morgan fingerprint density at radius 2 is 2.00 bits per heavy atom. The number of hydrogen-bond donors (Lipinski definition) is 3. The van der Waals surface area contributed by atoms with Crippen molar-refractivity contribution in [3.05, 3.63) is 0 Å². The summed E-state index contributed by atoms with van der Waals surface area (Å²) in [5, 5.41) is 5.15. The molecule has 0 saturated heterocycles. The summed E-state index contributed by atoms with van der Waals surface area (Å²) in [6, 6.07) is -0.0424. The first-order chi connectivity index (χ1) is 7.13. The van der Waals surface area contributed by atoms with E-state index < -0.39 is 0 Å². The molecule has 15 heavy (non-hydrogen) atoms. The van der Waals surface area contributed by atoms with E-state index in [0.717, 1.165) is 12.8 Å². The zero-order valence-corrected chi connectivity index (χ0v) is 9.08. The van der Waals surface area contributed by atoms with Crippen LogP contribution >= 0.6 is 0 Å². The van der Waals surface area contributed by atoms with Gasteiger partial charge in [0, 0.05) is 19.0 Å². The van der Waals surface area contributed by atoms with Crippen molar-refractivity contribution in [2.24, 2.45) is 11.7 Å². The summed E-state index contributed by atoms with van der Waals surface area (Å²) < 4.78 is 0. The van der Waals surface area contributed by atoms with E-state index in [1.54, 1.807) is 0 Å². The molecule has 0 heterocycles. The van der Waals surface area contributed by atoms with Crippen molar-refractivity contribution in [3.63, 3.8) is 0 Å². The summed E-state index contributed by atoms with van der Waals surface area (Å²) in [5.74, 6) is 0.215. The van der Waals surface area contributed by atoms with Crippen molar-refractivity contribution in [3.8, 4) is 0 Å². The highest BCUT2D eigenvalue weighted by atomic mass is 16.2. The summed E-state index contributed by atoms with van der Waals surface area (Å²) in [4.78, 5) is 22.3. The lowest BCUT2D eigenvalue weighted by atomic mass is 10.1. The summed E-state index contributed by atoms with van der Waals surface area (Å²) in [6.45, 7) is 2.46. The molecule has 5 heteroatoms. The molecular weight excluding hydrogens is 194 g/mol. The van der Waals surface area contributed by atoms with Gasteiger partial charge in [-0.3, -0.25) is 9.59 Å². The van der Waals surface area contributed by atoms with Crippen molar-refractivity contribution in [1.29, 1.82) is 0 Å².